The second-order valence-electron chi connectivity index (χ2n) is 20.8. The average Bonchev–Trinajstić information content (AvgIpc) is 3.43. The van der Waals surface area contributed by atoms with Crippen LogP contribution in [0.4, 0.5) is 19.3 Å². The van der Waals surface area contributed by atoms with Gasteiger partial charge in [-0.3, -0.25) is 9.80 Å². The molecule has 0 radical (unpaired) electrons. The number of amides is 3. The van der Waals surface area contributed by atoms with Gasteiger partial charge in [0.15, 0.2) is 0 Å². The lowest BCUT2D eigenvalue weighted by Crippen LogP contribution is -2.50. The van der Waals surface area contributed by atoms with Gasteiger partial charge in [-0.05, 0) is 168 Å². The number of nitrogens with two attached hydrogens (primary N) is 1. The molecule has 78 heavy (non-hydrogen) atoms. The lowest BCUT2D eigenvalue weighted by atomic mass is 9.74. The summed E-state index contributed by atoms with van der Waals surface area (Å²) in [6, 6.07) is 17.2. The summed E-state index contributed by atoms with van der Waals surface area (Å²) >= 11 is 0. The molecule has 0 bridgehead atoms. The van der Waals surface area contributed by atoms with Crippen molar-refractivity contribution in [2.75, 3.05) is 72.5 Å². The van der Waals surface area contributed by atoms with Crippen LogP contribution in [-0.2, 0) is 23.7 Å². The van der Waals surface area contributed by atoms with Crippen LogP contribution in [0.15, 0.2) is 95.2 Å². The highest BCUT2D eigenvalue weighted by Gasteiger charge is 2.33. The largest absolute Gasteiger partial charge is 0.380 e. The van der Waals surface area contributed by atoms with Crippen LogP contribution in [0.2, 0.25) is 0 Å². The molecule has 0 aliphatic carbocycles. The lowest BCUT2D eigenvalue weighted by Gasteiger charge is -2.38. The van der Waals surface area contributed by atoms with E-state index < -0.39 is 6.03 Å². The maximum Gasteiger partial charge on any atom is 0.312 e. The second-order valence-corrected chi connectivity index (χ2v) is 20.8. The molecule has 3 N–H and O–H groups in total. The summed E-state index contributed by atoms with van der Waals surface area (Å²) in [7, 11) is 0. The number of benzene rings is 3. The molecule has 0 saturated carbocycles. The molecule has 1 heterocycles. The highest BCUT2D eigenvalue weighted by Crippen LogP contribution is 2.32. The molecule has 15 heteroatoms. The fraction of sp³-hybridized carbons (Fsp3) is 0.571. The Kier molecular flexibility index (Phi) is 34.9. The maximum atomic E-state index is 13.6. The monoisotopic (exact) mass is 1090 g/mol. The molecule has 1 unspecified atom stereocenters. The number of aryl methyl sites for hydroxylation is 1. The van der Waals surface area contributed by atoms with E-state index in [4.69, 9.17) is 29.7 Å². The molecule has 1 saturated heterocycles. The Bertz CT molecular complexity index is 2260. The van der Waals surface area contributed by atoms with Crippen LogP contribution in [0.5, 0.6) is 0 Å². The molecular weight excluding hydrogens is 991 g/mol. The van der Waals surface area contributed by atoms with Crippen LogP contribution in [0, 0.1) is 29.9 Å². The number of halogens is 2. The number of allylic oxidation sites excluding steroid dienone is 1. The van der Waals surface area contributed by atoms with Gasteiger partial charge in [-0.2, -0.15) is 5.10 Å². The number of carbonyl (C=O) groups is 3. The second kappa shape index (κ2) is 39.7. The SMILES string of the molecule is C=C(C(=Nc1cc(C(=O)N2CCCCC2)ccc1C)c1ccc(F)cc1)c1ccc(F)cc1.C=NN(/C=C(\C)COCCCCCOCCOCCC)CCOCCC.CCC(C)(C)C(NC(N)=O)[C@H](C)CCCCC(C)=O. The van der Waals surface area contributed by atoms with Gasteiger partial charge in [0.2, 0.25) is 0 Å². The highest BCUT2D eigenvalue weighted by molar-refractivity contribution is 6.32. The normalized spacial score (nSPS) is 13.6. The van der Waals surface area contributed by atoms with E-state index in [1.165, 1.54) is 24.3 Å². The fourth-order valence-corrected chi connectivity index (χ4v) is 8.61. The van der Waals surface area contributed by atoms with Crippen molar-refractivity contribution >= 4 is 41.4 Å². The van der Waals surface area contributed by atoms with Gasteiger partial charge >= 0.3 is 6.03 Å². The van der Waals surface area contributed by atoms with E-state index in [0.717, 1.165) is 128 Å². The van der Waals surface area contributed by atoms with Crippen molar-refractivity contribution < 1.29 is 42.1 Å². The molecule has 13 nitrogen and oxygen atoms in total. The van der Waals surface area contributed by atoms with Crippen LogP contribution in [-0.4, -0.2) is 119 Å². The Balaban J connectivity index is 0.000000418. The van der Waals surface area contributed by atoms with E-state index in [1.54, 1.807) is 42.3 Å². The van der Waals surface area contributed by atoms with Crippen LogP contribution in [0.3, 0.4) is 0 Å². The zero-order chi connectivity index (χ0) is 57.7. The number of ether oxygens (including phenoxy) is 4. The number of likely N-dealkylation sites (tertiary alicyclic amines) is 1. The number of primary amides is 1. The van der Waals surface area contributed by atoms with Crippen LogP contribution in [0.25, 0.3) is 5.57 Å². The zero-order valence-corrected chi connectivity index (χ0v) is 48.9. The van der Waals surface area contributed by atoms with Gasteiger partial charge in [-0.25, -0.2) is 18.6 Å². The van der Waals surface area contributed by atoms with Gasteiger partial charge in [0.1, 0.15) is 17.4 Å². The minimum Gasteiger partial charge on any atom is -0.380 e. The number of Topliss-reactive ketones (excluding diaryl/α,β-unsaturated/α-hetero) is 1. The Morgan fingerprint density at radius 3 is 1.90 bits per heavy atom. The van der Waals surface area contributed by atoms with Crippen molar-refractivity contribution in [2.24, 2.45) is 27.2 Å². The summed E-state index contributed by atoms with van der Waals surface area (Å²) in [5.74, 6) is -0.0861. The first kappa shape index (κ1) is 68.5. The van der Waals surface area contributed by atoms with Gasteiger partial charge in [0, 0.05) is 81.6 Å². The summed E-state index contributed by atoms with van der Waals surface area (Å²) in [4.78, 5) is 41.9. The molecule has 1 aliphatic rings. The number of hydrogen-bond donors (Lipinski definition) is 2. The number of carbonyl (C=O) groups excluding carboxylic acids is 3. The van der Waals surface area contributed by atoms with Crippen LogP contribution in [0.1, 0.15) is 166 Å². The third-order valence-corrected chi connectivity index (χ3v) is 13.5. The van der Waals surface area contributed by atoms with Gasteiger partial charge in [-0.1, -0.05) is 72.7 Å². The van der Waals surface area contributed by atoms with E-state index >= 15 is 0 Å². The van der Waals surface area contributed by atoms with Gasteiger partial charge in [0.05, 0.1) is 44.4 Å². The minimum absolute atomic E-state index is 0.00634. The standard InChI is InChI=1S/C28H26F2N2O.C20H40N2O4.C15H30N2O2/c1-19-6-7-23(28(33)32-16-4-3-5-17-32)18-26(19)31-27(22-10-14-25(30)15-11-22)20(2)21-8-12-24(29)13-9-21;1-5-11-23-15-10-22(21-4)18-20(3)19-26-14-9-7-8-13-25-17-16-24-12-6-2;1-6-15(4,5)13(17-14(16)19)11(2)9-7-8-10-12(3)18/h6-15,18H,2-5,16-17H2,1H3;18H,4-17,19H2,1-3H3;11,13H,6-10H2,1-5H3,(H3,16,17,19)/b;20-18+;/t;;11-,13?/m..1/s1. The van der Waals surface area contributed by atoms with Crippen LogP contribution >= 0.6 is 0 Å². The molecule has 3 amide bonds. The lowest BCUT2D eigenvalue weighted by molar-refractivity contribution is -0.117. The summed E-state index contributed by atoms with van der Waals surface area (Å²) in [6.07, 6.45) is 15.1. The first-order valence-corrected chi connectivity index (χ1v) is 28.3. The number of hydrogen-bond acceptors (Lipinski definition) is 10. The number of rotatable bonds is 34. The topological polar surface area (TPSA) is 157 Å². The molecular formula is C63H96F2N6O7. The third-order valence-electron chi connectivity index (χ3n) is 13.5. The quantitative estimate of drug-likeness (QED) is 0.0340. The summed E-state index contributed by atoms with van der Waals surface area (Å²) in [5, 5.41) is 8.68. The Morgan fingerprint density at radius 2 is 1.33 bits per heavy atom. The first-order chi connectivity index (χ1) is 37.4. The highest BCUT2D eigenvalue weighted by atomic mass is 19.1. The summed E-state index contributed by atoms with van der Waals surface area (Å²) in [5.41, 5.74) is 11.1. The summed E-state index contributed by atoms with van der Waals surface area (Å²) in [6.45, 7) is 34.3. The predicted molar refractivity (Wildman–Crippen MR) is 316 cm³/mol. The van der Waals surface area contributed by atoms with Crippen LogP contribution < -0.4 is 11.1 Å². The Labute approximate surface area is 467 Å². The van der Waals surface area contributed by atoms with Crippen molar-refractivity contribution in [3.63, 3.8) is 0 Å². The van der Waals surface area contributed by atoms with Gasteiger partial charge in [0.25, 0.3) is 5.91 Å². The molecule has 1 fully saturated rings. The Hall–Kier alpha value is -5.61. The van der Waals surface area contributed by atoms with Gasteiger partial charge < -0.3 is 39.7 Å². The predicted octanol–water partition coefficient (Wildman–Crippen LogP) is 13.8. The zero-order valence-electron chi connectivity index (χ0n) is 48.9. The van der Waals surface area contributed by atoms with E-state index in [2.05, 4.69) is 65.3 Å². The van der Waals surface area contributed by atoms with E-state index in [9.17, 15) is 23.2 Å². The average molecular weight is 1090 g/mol. The van der Waals surface area contributed by atoms with Crippen molar-refractivity contribution in [2.45, 2.75) is 152 Å². The maximum absolute atomic E-state index is 13.6. The number of nitrogens with one attached hydrogen (secondary N) is 1. The van der Waals surface area contributed by atoms with Gasteiger partial charge in [-0.15, -0.1) is 0 Å². The number of ketones is 1. The van der Waals surface area contributed by atoms with Crippen molar-refractivity contribution in [1.29, 1.82) is 0 Å². The van der Waals surface area contributed by atoms with E-state index in [-0.39, 0.29) is 34.8 Å². The molecule has 1 aliphatic heterocycles. The fourth-order valence-electron chi connectivity index (χ4n) is 8.61. The smallest absolute Gasteiger partial charge is 0.312 e. The molecule has 0 spiro atoms. The minimum atomic E-state index is -0.456. The Morgan fingerprint density at radius 1 is 0.769 bits per heavy atom. The molecule has 4 rings (SSSR count). The number of unbranched alkanes of at least 4 members (excludes halogenated alkanes) is 3. The van der Waals surface area contributed by atoms with Crippen molar-refractivity contribution in [3.05, 3.63) is 119 Å². The first-order valence-electron chi connectivity index (χ1n) is 28.3. The molecule has 2 atom stereocenters. The number of aliphatic imine (C=N–C) groups is 1. The number of urea groups is 1. The van der Waals surface area contributed by atoms with E-state index in [0.29, 0.717) is 79.0 Å². The number of nitrogens with zero attached hydrogens (tertiary/aromatic N) is 4. The van der Waals surface area contributed by atoms with E-state index in [1.807, 2.05) is 37.1 Å². The number of hydrazone groups is 1. The molecule has 434 valence electrons. The molecule has 3 aromatic rings. The number of piperidine rings is 1. The van der Waals surface area contributed by atoms with Crippen molar-refractivity contribution in [1.82, 2.24) is 15.2 Å². The third kappa shape index (κ3) is 28.3. The van der Waals surface area contributed by atoms with Crippen molar-refractivity contribution in [3.8, 4) is 0 Å². The molecule has 3 aromatic carbocycles. The summed E-state index contributed by atoms with van der Waals surface area (Å²) < 4.78 is 49.1. The molecule has 0 aromatic heterocycles.